The molecule has 1 aliphatic heterocycles. The van der Waals surface area contributed by atoms with Crippen molar-refractivity contribution in [3.05, 3.63) is 53.1 Å². The molecule has 3 rings (SSSR count). The molecular formula is C17H18ClN3O2. The number of halogens is 1. The van der Waals surface area contributed by atoms with Crippen molar-refractivity contribution < 1.29 is 9.53 Å². The second kappa shape index (κ2) is 6.89. The SMILES string of the molecule is Nc1ccc(N2CCOCC2)c(NC(=O)c2cccc(Cl)c2)c1. The number of ether oxygens (including phenoxy) is 1. The zero-order valence-corrected chi connectivity index (χ0v) is 13.3. The minimum atomic E-state index is -0.215. The number of nitrogens with zero attached hydrogens (tertiary/aromatic N) is 1. The van der Waals surface area contributed by atoms with Gasteiger partial charge in [-0.15, -0.1) is 0 Å². The molecule has 1 saturated heterocycles. The molecule has 1 aliphatic rings. The topological polar surface area (TPSA) is 67.6 Å². The fourth-order valence-electron chi connectivity index (χ4n) is 2.56. The molecule has 1 heterocycles. The van der Waals surface area contributed by atoms with Gasteiger partial charge in [0.1, 0.15) is 0 Å². The largest absolute Gasteiger partial charge is 0.399 e. The smallest absolute Gasteiger partial charge is 0.255 e. The summed E-state index contributed by atoms with van der Waals surface area (Å²) in [7, 11) is 0. The molecule has 1 amide bonds. The number of amides is 1. The Morgan fingerprint density at radius 2 is 1.96 bits per heavy atom. The Bertz CT molecular complexity index is 715. The number of benzene rings is 2. The van der Waals surface area contributed by atoms with Crippen LogP contribution in [0, 0.1) is 0 Å². The van der Waals surface area contributed by atoms with E-state index in [1.165, 1.54) is 0 Å². The number of hydrogen-bond donors (Lipinski definition) is 2. The van der Waals surface area contributed by atoms with Gasteiger partial charge in [0.2, 0.25) is 0 Å². The molecule has 0 aliphatic carbocycles. The van der Waals surface area contributed by atoms with E-state index in [4.69, 9.17) is 22.1 Å². The summed E-state index contributed by atoms with van der Waals surface area (Å²) in [5, 5.41) is 3.46. The van der Waals surface area contributed by atoms with E-state index in [0.29, 0.717) is 35.2 Å². The molecule has 0 aromatic heterocycles. The van der Waals surface area contributed by atoms with Crippen LogP contribution in [0.5, 0.6) is 0 Å². The lowest BCUT2D eigenvalue weighted by atomic mass is 10.1. The van der Waals surface area contributed by atoms with Crippen molar-refractivity contribution in [1.82, 2.24) is 0 Å². The van der Waals surface area contributed by atoms with Crippen LogP contribution in [0.3, 0.4) is 0 Å². The van der Waals surface area contributed by atoms with Crippen LogP contribution >= 0.6 is 11.6 Å². The highest BCUT2D eigenvalue weighted by molar-refractivity contribution is 6.31. The van der Waals surface area contributed by atoms with Gasteiger partial charge in [0, 0.05) is 29.4 Å². The minimum absolute atomic E-state index is 0.215. The summed E-state index contributed by atoms with van der Waals surface area (Å²) < 4.78 is 5.38. The quantitative estimate of drug-likeness (QED) is 0.848. The maximum atomic E-state index is 12.5. The second-order valence-corrected chi connectivity index (χ2v) is 5.78. The second-order valence-electron chi connectivity index (χ2n) is 5.34. The number of morpholine rings is 1. The lowest BCUT2D eigenvalue weighted by Crippen LogP contribution is -2.36. The summed E-state index contributed by atoms with van der Waals surface area (Å²) in [6.45, 7) is 2.91. The summed E-state index contributed by atoms with van der Waals surface area (Å²) >= 11 is 5.95. The van der Waals surface area contributed by atoms with Gasteiger partial charge < -0.3 is 20.7 Å². The van der Waals surface area contributed by atoms with Crippen LogP contribution in [0.25, 0.3) is 0 Å². The monoisotopic (exact) mass is 331 g/mol. The van der Waals surface area contributed by atoms with E-state index in [1.54, 1.807) is 30.3 Å². The highest BCUT2D eigenvalue weighted by Crippen LogP contribution is 2.29. The summed E-state index contributed by atoms with van der Waals surface area (Å²) in [5.41, 5.74) is 8.62. The molecule has 0 bridgehead atoms. The minimum Gasteiger partial charge on any atom is -0.399 e. The fourth-order valence-corrected chi connectivity index (χ4v) is 2.75. The average molecular weight is 332 g/mol. The third-order valence-electron chi connectivity index (χ3n) is 3.71. The van der Waals surface area contributed by atoms with Crippen molar-refractivity contribution in [2.24, 2.45) is 0 Å². The van der Waals surface area contributed by atoms with Gasteiger partial charge in [0.25, 0.3) is 5.91 Å². The predicted octanol–water partition coefficient (Wildman–Crippen LogP) is 3.01. The Balaban J connectivity index is 1.86. The third-order valence-corrected chi connectivity index (χ3v) is 3.94. The van der Waals surface area contributed by atoms with E-state index >= 15 is 0 Å². The predicted molar refractivity (Wildman–Crippen MR) is 93.3 cm³/mol. The van der Waals surface area contributed by atoms with Crippen LogP contribution in [0.2, 0.25) is 5.02 Å². The lowest BCUT2D eigenvalue weighted by molar-refractivity contribution is 0.102. The Morgan fingerprint density at radius 3 is 2.70 bits per heavy atom. The number of carbonyl (C=O) groups excluding carboxylic acids is 1. The molecule has 2 aromatic rings. The highest BCUT2D eigenvalue weighted by atomic mass is 35.5. The lowest BCUT2D eigenvalue weighted by Gasteiger charge is -2.30. The van der Waals surface area contributed by atoms with Gasteiger partial charge in [-0.1, -0.05) is 17.7 Å². The van der Waals surface area contributed by atoms with Gasteiger partial charge in [-0.05, 0) is 36.4 Å². The molecule has 5 nitrogen and oxygen atoms in total. The van der Waals surface area contributed by atoms with Crippen molar-refractivity contribution >= 4 is 34.6 Å². The van der Waals surface area contributed by atoms with Crippen molar-refractivity contribution in [2.75, 3.05) is 42.3 Å². The molecule has 0 atom stereocenters. The summed E-state index contributed by atoms with van der Waals surface area (Å²) in [4.78, 5) is 14.6. The van der Waals surface area contributed by atoms with E-state index in [-0.39, 0.29) is 5.91 Å². The molecule has 120 valence electrons. The summed E-state index contributed by atoms with van der Waals surface area (Å²) in [6, 6.07) is 12.4. The number of rotatable bonds is 3. The van der Waals surface area contributed by atoms with Crippen LogP contribution in [0.15, 0.2) is 42.5 Å². The van der Waals surface area contributed by atoms with Crippen LogP contribution in [-0.2, 0) is 4.74 Å². The Morgan fingerprint density at radius 1 is 1.17 bits per heavy atom. The number of nitrogen functional groups attached to an aromatic ring is 1. The number of nitrogens with one attached hydrogen (secondary N) is 1. The van der Waals surface area contributed by atoms with E-state index in [0.717, 1.165) is 18.8 Å². The Hall–Kier alpha value is -2.24. The summed E-state index contributed by atoms with van der Waals surface area (Å²) in [5.74, 6) is -0.215. The number of nitrogens with two attached hydrogens (primary N) is 1. The van der Waals surface area contributed by atoms with E-state index < -0.39 is 0 Å². The van der Waals surface area contributed by atoms with Crippen LogP contribution in [0.4, 0.5) is 17.1 Å². The zero-order valence-electron chi connectivity index (χ0n) is 12.6. The van der Waals surface area contributed by atoms with Crippen molar-refractivity contribution in [3.63, 3.8) is 0 Å². The van der Waals surface area contributed by atoms with Gasteiger partial charge in [0.15, 0.2) is 0 Å². The first-order valence-corrected chi connectivity index (χ1v) is 7.80. The number of anilines is 3. The van der Waals surface area contributed by atoms with Crippen LogP contribution < -0.4 is 16.0 Å². The van der Waals surface area contributed by atoms with Gasteiger partial charge in [-0.25, -0.2) is 0 Å². The standard InChI is InChI=1S/C17H18ClN3O2/c18-13-3-1-2-12(10-13)17(22)20-15-11-14(19)4-5-16(15)21-6-8-23-9-7-21/h1-5,10-11H,6-9,19H2,(H,20,22). The van der Waals surface area contributed by atoms with Crippen LogP contribution in [-0.4, -0.2) is 32.2 Å². The average Bonchev–Trinajstić information content (AvgIpc) is 2.56. The third kappa shape index (κ3) is 3.75. The van der Waals surface area contributed by atoms with Gasteiger partial charge >= 0.3 is 0 Å². The molecule has 6 heteroatoms. The maximum absolute atomic E-state index is 12.5. The number of carbonyl (C=O) groups is 1. The van der Waals surface area contributed by atoms with Crippen LogP contribution in [0.1, 0.15) is 10.4 Å². The maximum Gasteiger partial charge on any atom is 0.255 e. The van der Waals surface area contributed by atoms with Crippen molar-refractivity contribution in [1.29, 1.82) is 0 Å². The van der Waals surface area contributed by atoms with E-state index in [9.17, 15) is 4.79 Å². The molecular weight excluding hydrogens is 314 g/mol. The first kappa shape index (κ1) is 15.6. The fraction of sp³-hybridized carbons (Fsp3) is 0.235. The molecule has 23 heavy (non-hydrogen) atoms. The van der Waals surface area contributed by atoms with E-state index in [2.05, 4.69) is 10.2 Å². The molecule has 0 spiro atoms. The first-order chi connectivity index (χ1) is 11.1. The molecule has 0 saturated carbocycles. The van der Waals surface area contributed by atoms with Crippen molar-refractivity contribution in [2.45, 2.75) is 0 Å². The molecule has 1 fully saturated rings. The highest BCUT2D eigenvalue weighted by Gasteiger charge is 2.17. The van der Waals surface area contributed by atoms with Gasteiger partial charge in [-0.2, -0.15) is 0 Å². The molecule has 3 N–H and O–H groups in total. The van der Waals surface area contributed by atoms with Gasteiger partial charge in [0.05, 0.1) is 24.6 Å². The first-order valence-electron chi connectivity index (χ1n) is 7.42. The normalized spacial score (nSPS) is 14.6. The Labute approximate surface area is 140 Å². The molecule has 0 radical (unpaired) electrons. The Kier molecular flexibility index (Phi) is 4.69. The van der Waals surface area contributed by atoms with Crippen molar-refractivity contribution in [3.8, 4) is 0 Å². The van der Waals surface area contributed by atoms with E-state index in [1.807, 2.05) is 12.1 Å². The van der Waals surface area contributed by atoms with Gasteiger partial charge in [-0.3, -0.25) is 4.79 Å². The summed E-state index contributed by atoms with van der Waals surface area (Å²) in [6.07, 6.45) is 0. The number of hydrogen-bond acceptors (Lipinski definition) is 4. The molecule has 2 aromatic carbocycles. The molecule has 0 unspecified atom stereocenters. The zero-order chi connectivity index (χ0) is 16.2.